The molecule has 1 amide bonds. The van der Waals surface area contributed by atoms with Crippen molar-refractivity contribution in [3.8, 4) is 0 Å². The number of cyclic esters (lactones) is 1. The summed E-state index contributed by atoms with van der Waals surface area (Å²) in [7, 11) is 5.37. The van der Waals surface area contributed by atoms with Crippen LogP contribution in [0, 0.1) is 17.8 Å². The van der Waals surface area contributed by atoms with E-state index in [4.69, 9.17) is 24.7 Å². The van der Waals surface area contributed by atoms with Crippen molar-refractivity contribution < 1.29 is 53.4 Å². The largest absolute Gasteiger partial charge is 0.448 e. The number of nitrogens with zero attached hydrogens (tertiary/aromatic N) is 5. The third kappa shape index (κ3) is 14.0. The van der Waals surface area contributed by atoms with Gasteiger partial charge in [0.1, 0.15) is 30.5 Å². The Morgan fingerprint density at radius 3 is 2.43 bits per heavy atom. The molecule has 358 valence electrons. The zero-order valence-electron chi connectivity index (χ0n) is 38.6. The van der Waals surface area contributed by atoms with Crippen LogP contribution < -0.4 is 11.1 Å². The molecule has 2 saturated heterocycles. The molecule has 1 aromatic heterocycles. The van der Waals surface area contributed by atoms with Gasteiger partial charge in [0.25, 0.3) is 0 Å². The number of carbonyl (C=O) groups is 2. The molecule has 0 aliphatic carbocycles. The summed E-state index contributed by atoms with van der Waals surface area (Å²) < 4.78 is 39.5. The molecule has 0 radical (unpaired) electrons. The number of ether oxygens (including phenoxy) is 4. The number of aliphatic hydroxyl groups excluding tert-OH is 2. The molecule has 2 fully saturated rings. The highest BCUT2D eigenvalue weighted by Crippen LogP contribution is 2.37. The van der Waals surface area contributed by atoms with Crippen LogP contribution in [0.4, 0.5) is 4.39 Å². The van der Waals surface area contributed by atoms with Gasteiger partial charge >= 0.3 is 5.97 Å². The number of likely N-dealkylation sites (N-methyl/N-ethyl adjacent to an activating group) is 2. The van der Waals surface area contributed by atoms with Gasteiger partial charge < -0.3 is 60.2 Å². The van der Waals surface area contributed by atoms with Crippen molar-refractivity contribution in [2.24, 2.45) is 23.5 Å². The zero-order chi connectivity index (χ0) is 47.0. The number of alkyl halides is 2. The fourth-order valence-corrected chi connectivity index (χ4v) is 9.67. The van der Waals surface area contributed by atoms with Crippen LogP contribution in [0.5, 0.6) is 0 Å². The van der Waals surface area contributed by atoms with Crippen LogP contribution in [-0.2, 0) is 41.5 Å². The van der Waals surface area contributed by atoms with Gasteiger partial charge in [0.05, 0.1) is 42.1 Å². The van der Waals surface area contributed by atoms with E-state index in [1.54, 1.807) is 49.6 Å². The molecule has 0 spiro atoms. The van der Waals surface area contributed by atoms with Gasteiger partial charge in [0.2, 0.25) is 5.91 Å². The van der Waals surface area contributed by atoms with E-state index in [-0.39, 0.29) is 31.0 Å². The van der Waals surface area contributed by atoms with Gasteiger partial charge in [-0.15, -0.1) is 5.10 Å². The molecular weight excluding hydrogens is 932 g/mol. The Bertz CT molecular complexity index is 1740. The Balaban J connectivity index is 1.46. The van der Waals surface area contributed by atoms with E-state index in [1.807, 2.05) is 57.1 Å². The highest BCUT2D eigenvalue weighted by Gasteiger charge is 2.48. The maximum Gasteiger partial charge on any atom is 0.312 e. The van der Waals surface area contributed by atoms with Crippen molar-refractivity contribution in [1.82, 2.24) is 30.1 Å². The number of primary amides is 1. The first-order chi connectivity index (χ1) is 29.5. The lowest BCUT2D eigenvalue weighted by Gasteiger charge is -2.45. The smallest absolute Gasteiger partial charge is 0.312 e. The number of carbonyl (C=O) groups excluding carboxylic acids is 2. The Morgan fingerprint density at radius 1 is 1.14 bits per heavy atom. The van der Waals surface area contributed by atoms with Crippen LogP contribution in [0.15, 0.2) is 30.5 Å². The summed E-state index contributed by atoms with van der Waals surface area (Å²) in [6.45, 7) is 13.0. The molecule has 3 heterocycles. The summed E-state index contributed by atoms with van der Waals surface area (Å²) in [5.74, 6) is -3.14. The van der Waals surface area contributed by atoms with Crippen LogP contribution in [-0.4, -0.2) is 163 Å². The molecule has 63 heavy (non-hydrogen) atoms. The molecule has 0 saturated carbocycles. The monoisotopic (exact) mass is 1010 g/mol. The maximum atomic E-state index is 14.7. The zero-order valence-corrected chi connectivity index (χ0v) is 40.7. The number of aromatic nitrogens is 3. The Hall–Kier alpha value is -2.44. The van der Waals surface area contributed by atoms with E-state index in [0.717, 1.165) is 11.1 Å². The Kier molecular flexibility index (Phi) is 19.7. The van der Waals surface area contributed by atoms with Gasteiger partial charge in [0.15, 0.2) is 10.4 Å². The number of halogens is 2. The fraction of sp³-hybridized carbons (Fsp3) is 0.773. The van der Waals surface area contributed by atoms with Crippen molar-refractivity contribution in [2.45, 2.75) is 151 Å². The number of nitrogens with two attached hydrogens (primary N) is 1. The van der Waals surface area contributed by atoms with E-state index in [9.17, 15) is 34.4 Å². The highest BCUT2D eigenvalue weighted by molar-refractivity contribution is 14.1. The van der Waals surface area contributed by atoms with Crippen LogP contribution in [0.1, 0.15) is 96.7 Å². The van der Waals surface area contributed by atoms with E-state index < -0.39 is 88.5 Å². The molecule has 1 aromatic carbocycles. The lowest BCUT2D eigenvalue weighted by molar-refractivity contribution is -0.267. The van der Waals surface area contributed by atoms with Crippen molar-refractivity contribution in [1.29, 1.82) is 0 Å². The minimum Gasteiger partial charge on any atom is -0.448 e. The molecule has 4 rings (SSSR count). The van der Waals surface area contributed by atoms with E-state index in [2.05, 4.69) is 20.5 Å². The number of hydrogen-bond acceptors (Lipinski definition) is 15. The summed E-state index contributed by atoms with van der Waals surface area (Å²) in [6.07, 6.45) is -1.44. The Morgan fingerprint density at radius 2 is 1.81 bits per heavy atom. The molecule has 17 nitrogen and oxygen atoms in total. The molecule has 19 heteroatoms. The number of amides is 1. The highest BCUT2D eigenvalue weighted by atomic mass is 127. The molecule has 15 atom stereocenters. The second-order valence-corrected chi connectivity index (χ2v) is 19.7. The van der Waals surface area contributed by atoms with Gasteiger partial charge in [0, 0.05) is 63.8 Å². The predicted octanol–water partition coefficient (Wildman–Crippen LogP) is 2.66. The molecule has 0 bridgehead atoms. The average Bonchev–Trinajstić information content (AvgIpc) is 3.70. The molecule has 7 N–H and O–H groups in total. The standard InChI is InChI=1S/C44H73FIN7O10/c1-25-19-43(6,58)40(27(3)37(55)28(4)41(57)63-42(46)44(7,59)39(56)29(5)52(9)23-25)62-36-18-33(17-26(2)61-36)51(8)16-15-32-24-53(50-49-32)34(20-45)38(60-10)31-13-11-30(12-14-31)21-48-22-35(47)54/h11-14,24-29,33-34,36-40,42,48,55-56,58-59H,15-23H2,1-10H3,(H2,47,54)/t25-,26-,27+,28-,29-,33+,34-,36+,37+,38-,39-,40-,42+,43-,44+/m1/s1. The quantitative estimate of drug-likeness (QED) is 0.0857. The minimum atomic E-state index is -1.80. The first-order valence-electron chi connectivity index (χ1n) is 21.9. The van der Waals surface area contributed by atoms with Crippen LogP contribution in [0.2, 0.25) is 0 Å². The topological polar surface area (TPSA) is 227 Å². The number of esters is 1. The third-order valence-corrected chi connectivity index (χ3v) is 14.5. The van der Waals surface area contributed by atoms with Gasteiger partial charge in [-0.3, -0.25) is 9.59 Å². The van der Waals surface area contributed by atoms with Crippen LogP contribution in [0.3, 0.4) is 0 Å². The second kappa shape index (κ2) is 23.3. The summed E-state index contributed by atoms with van der Waals surface area (Å²) in [6, 6.07) is 6.21. The van der Waals surface area contributed by atoms with Crippen molar-refractivity contribution >= 4 is 34.5 Å². The normalized spacial score (nSPS) is 35.4. The van der Waals surface area contributed by atoms with Gasteiger partial charge in [-0.05, 0) is 101 Å². The van der Waals surface area contributed by atoms with E-state index >= 15 is 0 Å². The van der Waals surface area contributed by atoms with E-state index in [0.29, 0.717) is 44.6 Å². The second-order valence-electron chi connectivity index (χ2n) is 18.6. The van der Waals surface area contributed by atoms with Gasteiger partial charge in [-0.1, -0.05) is 43.3 Å². The van der Waals surface area contributed by atoms with Crippen LogP contribution in [0.25, 0.3) is 0 Å². The lowest BCUT2D eigenvalue weighted by atomic mass is 9.78. The number of methoxy groups -OCH3 is 1. The molecule has 2 aromatic rings. The number of aliphatic hydroxyl groups is 4. The summed E-state index contributed by atoms with van der Waals surface area (Å²) in [5.41, 5.74) is 4.30. The SMILES string of the molecule is CO[C@H](c1ccc(CNCC(N)=O)cc1)[C@@H](CF)n1cc(CCN(C)[C@@H]2C[C@H](O[C@@H]3[C@@H](C)[C@H](O)[C@@H](C)C(=O)O[C@H](I)[C@@](C)(O)[C@H](O)[C@@H](C)N(C)C[C@H](C)C[C@@]3(C)O)O[C@H](C)C2)nn1. The predicted molar refractivity (Wildman–Crippen MR) is 242 cm³/mol. The summed E-state index contributed by atoms with van der Waals surface area (Å²) >= 11 is 1.80. The number of benzene rings is 1. The third-order valence-electron chi connectivity index (χ3n) is 13.0. The number of rotatable bonds is 15. The fourth-order valence-electron chi connectivity index (χ4n) is 9.05. The first kappa shape index (κ1) is 53.2. The van der Waals surface area contributed by atoms with E-state index in [1.165, 1.54) is 25.6 Å². The first-order valence-corrected chi connectivity index (χ1v) is 23.2. The van der Waals surface area contributed by atoms with Gasteiger partial charge in [-0.2, -0.15) is 0 Å². The Labute approximate surface area is 385 Å². The number of nitrogens with one attached hydrogen (secondary N) is 1. The number of hydrogen-bond donors (Lipinski definition) is 6. The molecular formula is C44H73FIN7O10. The van der Waals surface area contributed by atoms with Crippen molar-refractivity contribution in [3.63, 3.8) is 0 Å². The summed E-state index contributed by atoms with van der Waals surface area (Å²) in [5, 5.41) is 58.1. The lowest BCUT2D eigenvalue weighted by Crippen LogP contribution is -2.57. The molecule has 0 unspecified atom stereocenters. The van der Waals surface area contributed by atoms with Crippen LogP contribution >= 0.6 is 22.6 Å². The molecule has 2 aliphatic heterocycles. The average molecular weight is 1010 g/mol. The summed E-state index contributed by atoms with van der Waals surface area (Å²) in [4.78, 5) is 28.6. The minimum absolute atomic E-state index is 0.00873. The maximum absolute atomic E-state index is 14.7. The van der Waals surface area contributed by atoms with Crippen molar-refractivity contribution in [2.75, 3.05) is 47.5 Å². The van der Waals surface area contributed by atoms with Gasteiger partial charge in [-0.25, -0.2) is 9.07 Å². The van der Waals surface area contributed by atoms with Crippen molar-refractivity contribution in [3.05, 3.63) is 47.3 Å². The molecule has 2 aliphatic rings.